The predicted molar refractivity (Wildman–Crippen MR) is 74.0 cm³/mol. The highest BCUT2D eigenvalue weighted by Crippen LogP contribution is 2.32. The van der Waals surface area contributed by atoms with Gasteiger partial charge in [-0.25, -0.2) is 0 Å². The zero-order chi connectivity index (χ0) is 14.3. The van der Waals surface area contributed by atoms with Crippen LogP contribution in [0.4, 0.5) is 0 Å². The van der Waals surface area contributed by atoms with Gasteiger partial charge in [0.2, 0.25) is 11.8 Å². The van der Waals surface area contributed by atoms with Crippen molar-refractivity contribution in [2.75, 3.05) is 19.8 Å². The van der Waals surface area contributed by atoms with Crippen molar-refractivity contribution >= 4 is 11.8 Å². The molecule has 3 saturated heterocycles. The molecule has 3 fully saturated rings. The van der Waals surface area contributed by atoms with Gasteiger partial charge in [-0.2, -0.15) is 0 Å². The summed E-state index contributed by atoms with van der Waals surface area (Å²) < 4.78 is 5.54. The van der Waals surface area contributed by atoms with Gasteiger partial charge in [-0.1, -0.05) is 13.8 Å². The molecule has 2 amide bonds. The van der Waals surface area contributed by atoms with Crippen LogP contribution in [-0.2, 0) is 14.3 Å². The van der Waals surface area contributed by atoms with E-state index in [4.69, 9.17) is 4.74 Å². The number of ether oxygens (including phenoxy) is 1. The lowest BCUT2D eigenvalue weighted by Crippen LogP contribution is -2.67. The van der Waals surface area contributed by atoms with E-state index in [0.29, 0.717) is 6.61 Å². The van der Waals surface area contributed by atoms with Crippen molar-refractivity contribution in [2.45, 2.75) is 57.7 Å². The summed E-state index contributed by atoms with van der Waals surface area (Å²) >= 11 is 0. The van der Waals surface area contributed by atoms with Gasteiger partial charge >= 0.3 is 0 Å². The average Bonchev–Trinajstić information content (AvgIpc) is 2.93. The molecular formula is C15H24N2O3. The van der Waals surface area contributed by atoms with Crippen LogP contribution in [0.15, 0.2) is 0 Å². The largest absolute Gasteiger partial charge is 0.379 e. The lowest BCUT2D eigenvalue weighted by Gasteiger charge is -2.48. The Morgan fingerprint density at radius 3 is 2.60 bits per heavy atom. The molecule has 0 spiro atoms. The molecule has 0 bridgehead atoms. The lowest BCUT2D eigenvalue weighted by atomic mass is 9.92. The first-order valence-corrected chi connectivity index (χ1v) is 7.81. The lowest BCUT2D eigenvalue weighted by molar-refractivity contribution is -0.167. The van der Waals surface area contributed by atoms with E-state index in [-0.39, 0.29) is 35.9 Å². The van der Waals surface area contributed by atoms with Crippen molar-refractivity contribution in [1.82, 2.24) is 9.80 Å². The van der Waals surface area contributed by atoms with E-state index in [2.05, 4.69) is 0 Å². The second-order valence-electron chi connectivity index (χ2n) is 6.49. The van der Waals surface area contributed by atoms with Crippen molar-refractivity contribution < 1.29 is 14.3 Å². The van der Waals surface area contributed by atoms with Crippen LogP contribution in [0.25, 0.3) is 0 Å². The Morgan fingerprint density at radius 1 is 1.15 bits per heavy atom. The Hall–Kier alpha value is -1.10. The number of fused-ring (bicyclic) bond motifs is 1. The summed E-state index contributed by atoms with van der Waals surface area (Å²) in [5, 5.41) is 0. The smallest absolute Gasteiger partial charge is 0.246 e. The van der Waals surface area contributed by atoms with Crippen LogP contribution in [0, 0.1) is 5.92 Å². The molecular weight excluding hydrogens is 256 g/mol. The molecule has 3 aliphatic rings. The maximum atomic E-state index is 12.8. The number of piperazine rings is 1. The van der Waals surface area contributed by atoms with Crippen molar-refractivity contribution in [2.24, 2.45) is 5.92 Å². The fourth-order valence-corrected chi connectivity index (χ4v) is 3.84. The fraction of sp³-hybridized carbons (Fsp3) is 0.867. The van der Waals surface area contributed by atoms with Gasteiger partial charge in [-0.3, -0.25) is 9.59 Å². The maximum Gasteiger partial charge on any atom is 0.246 e. The summed E-state index contributed by atoms with van der Waals surface area (Å²) in [5.74, 6) is 0.443. The Bertz CT molecular complexity index is 404. The fourth-order valence-electron chi connectivity index (χ4n) is 3.84. The summed E-state index contributed by atoms with van der Waals surface area (Å²) in [7, 11) is 0. The minimum absolute atomic E-state index is 0.0790. The average molecular weight is 280 g/mol. The quantitative estimate of drug-likeness (QED) is 0.759. The minimum Gasteiger partial charge on any atom is -0.379 e. The first kappa shape index (κ1) is 13.9. The van der Waals surface area contributed by atoms with Crippen LogP contribution < -0.4 is 0 Å². The SMILES string of the molecule is CC(C)C1C(=O)N2CCCC2C(=O)N1C1CCCOC1. The molecule has 3 aliphatic heterocycles. The van der Waals surface area contributed by atoms with Crippen LogP contribution in [0.5, 0.6) is 0 Å². The van der Waals surface area contributed by atoms with Gasteiger partial charge in [-0.15, -0.1) is 0 Å². The molecule has 5 nitrogen and oxygen atoms in total. The minimum atomic E-state index is -0.302. The van der Waals surface area contributed by atoms with Gasteiger partial charge < -0.3 is 14.5 Å². The Labute approximate surface area is 120 Å². The molecule has 0 radical (unpaired) electrons. The van der Waals surface area contributed by atoms with Crippen LogP contribution in [-0.4, -0.2) is 59.5 Å². The molecule has 0 aliphatic carbocycles. The van der Waals surface area contributed by atoms with Gasteiger partial charge in [0.1, 0.15) is 12.1 Å². The number of carbonyl (C=O) groups is 2. The Balaban J connectivity index is 1.90. The number of amides is 2. The van der Waals surface area contributed by atoms with Crippen LogP contribution >= 0.6 is 0 Å². The summed E-state index contributed by atoms with van der Waals surface area (Å²) in [6.07, 6.45) is 3.69. The molecule has 3 heterocycles. The van der Waals surface area contributed by atoms with Crippen LogP contribution in [0.2, 0.25) is 0 Å². The standard InChI is InChI=1S/C15H24N2O3/c1-10(2)13-15(19)16-7-3-6-12(16)14(18)17(13)11-5-4-8-20-9-11/h10-13H,3-9H2,1-2H3. The van der Waals surface area contributed by atoms with Crippen LogP contribution in [0.3, 0.4) is 0 Å². The van der Waals surface area contributed by atoms with Crippen LogP contribution in [0.1, 0.15) is 39.5 Å². The van der Waals surface area contributed by atoms with E-state index in [9.17, 15) is 9.59 Å². The monoisotopic (exact) mass is 280 g/mol. The Kier molecular flexibility index (Phi) is 3.71. The molecule has 0 aromatic heterocycles. The van der Waals surface area contributed by atoms with E-state index < -0.39 is 0 Å². The van der Waals surface area contributed by atoms with E-state index in [1.54, 1.807) is 0 Å². The van der Waals surface area contributed by atoms with Gasteiger partial charge in [0, 0.05) is 13.2 Å². The third-order valence-corrected chi connectivity index (χ3v) is 4.79. The molecule has 20 heavy (non-hydrogen) atoms. The number of rotatable bonds is 2. The highest BCUT2D eigenvalue weighted by Gasteiger charge is 2.50. The highest BCUT2D eigenvalue weighted by atomic mass is 16.5. The molecule has 5 heteroatoms. The zero-order valence-corrected chi connectivity index (χ0v) is 12.4. The van der Waals surface area contributed by atoms with E-state index in [0.717, 1.165) is 38.8 Å². The normalized spacial score (nSPS) is 34.9. The summed E-state index contributed by atoms with van der Waals surface area (Å²) in [5.41, 5.74) is 0. The van der Waals surface area contributed by atoms with E-state index >= 15 is 0 Å². The molecule has 0 aromatic carbocycles. The zero-order valence-electron chi connectivity index (χ0n) is 12.4. The highest BCUT2D eigenvalue weighted by molar-refractivity contribution is 5.97. The third-order valence-electron chi connectivity index (χ3n) is 4.79. The number of nitrogens with zero attached hydrogens (tertiary/aromatic N) is 2. The third kappa shape index (κ3) is 2.12. The topological polar surface area (TPSA) is 49.9 Å². The van der Waals surface area contributed by atoms with E-state index in [1.165, 1.54) is 0 Å². The Morgan fingerprint density at radius 2 is 1.95 bits per heavy atom. The number of carbonyl (C=O) groups excluding carboxylic acids is 2. The molecule has 3 unspecified atom stereocenters. The molecule has 0 aromatic rings. The maximum absolute atomic E-state index is 12.8. The first-order chi connectivity index (χ1) is 9.61. The number of hydrogen-bond donors (Lipinski definition) is 0. The second kappa shape index (κ2) is 5.35. The van der Waals surface area contributed by atoms with Crippen molar-refractivity contribution in [3.8, 4) is 0 Å². The first-order valence-electron chi connectivity index (χ1n) is 7.81. The van der Waals surface area contributed by atoms with Crippen molar-refractivity contribution in [1.29, 1.82) is 0 Å². The van der Waals surface area contributed by atoms with Gasteiger partial charge in [0.05, 0.1) is 12.6 Å². The molecule has 3 atom stereocenters. The second-order valence-corrected chi connectivity index (χ2v) is 6.49. The van der Waals surface area contributed by atoms with Gasteiger partial charge in [0.15, 0.2) is 0 Å². The van der Waals surface area contributed by atoms with Gasteiger partial charge in [0.25, 0.3) is 0 Å². The predicted octanol–water partition coefficient (Wildman–Crippen LogP) is 1.02. The van der Waals surface area contributed by atoms with E-state index in [1.807, 2.05) is 23.6 Å². The summed E-state index contributed by atoms with van der Waals surface area (Å²) in [6.45, 7) is 6.16. The summed E-state index contributed by atoms with van der Waals surface area (Å²) in [4.78, 5) is 29.3. The molecule has 112 valence electrons. The molecule has 3 rings (SSSR count). The van der Waals surface area contributed by atoms with Crippen molar-refractivity contribution in [3.63, 3.8) is 0 Å². The number of hydrogen-bond acceptors (Lipinski definition) is 3. The summed E-state index contributed by atoms with van der Waals surface area (Å²) in [6, 6.07) is -0.432. The molecule has 0 saturated carbocycles. The molecule has 0 N–H and O–H groups in total. The van der Waals surface area contributed by atoms with Gasteiger partial charge in [-0.05, 0) is 31.6 Å². The van der Waals surface area contributed by atoms with Crippen molar-refractivity contribution in [3.05, 3.63) is 0 Å².